The lowest BCUT2D eigenvalue weighted by atomic mass is 9.98. The summed E-state index contributed by atoms with van der Waals surface area (Å²) in [6.45, 7) is 1.83. The molecule has 0 saturated heterocycles. The van der Waals surface area contributed by atoms with Gasteiger partial charge in [0, 0.05) is 36.1 Å². The highest BCUT2D eigenvalue weighted by atomic mass is 19.1. The van der Waals surface area contributed by atoms with Crippen LogP contribution in [-0.2, 0) is 24.2 Å². The Labute approximate surface area is 162 Å². The molecule has 4 rings (SSSR count). The Morgan fingerprint density at radius 2 is 1.96 bits per heavy atom. The van der Waals surface area contributed by atoms with Crippen LogP contribution in [0.1, 0.15) is 23.7 Å². The van der Waals surface area contributed by atoms with Crippen molar-refractivity contribution < 1.29 is 13.9 Å². The Kier molecular flexibility index (Phi) is 4.77. The van der Waals surface area contributed by atoms with Gasteiger partial charge in [0.25, 0.3) is 0 Å². The van der Waals surface area contributed by atoms with Crippen LogP contribution in [0.25, 0.3) is 11.3 Å². The Morgan fingerprint density at radius 3 is 2.68 bits per heavy atom. The number of aromatic nitrogens is 2. The number of para-hydroxylation sites is 1. The third kappa shape index (κ3) is 3.33. The molecular weight excluding hydrogens is 357 g/mol. The zero-order valence-electron chi connectivity index (χ0n) is 15.8. The Balaban J connectivity index is 1.77. The van der Waals surface area contributed by atoms with Crippen molar-refractivity contribution in [2.45, 2.75) is 26.3 Å². The zero-order chi connectivity index (χ0) is 19.7. The Hall–Kier alpha value is -3.28. The second kappa shape index (κ2) is 7.38. The van der Waals surface area contributed by atoms with Crippen molar-refractivity contribution in [1.29, 1.82) is 0 Å². The number of nitrogens with zero attached hydrogens (tertiary/aromatic N) is 3. The van der Waals surface area contributed by atoms with Crippen LogP contribution in [0.3, 0.4) is 0 Å². The number of rotatable bonds is 2. The summed E-state index contributed by atoms with van der Waals surface area (Å²) >= 11 is 0. The summed E-state index contributed by atoms with van der Waals surface area (Å²) in [5.41, 5.74) is 4.34. The molecule has 142 valence electrons. The number of amides is 1. The average Bonchev–Trinajstić information content (AvgIpc) is 2.70. The largest absolute Gasteiger partial charge is 0.481 e. The molecule has 0 spiro atoms. The first-order valence-electron chi connectivity index (χ1n) is 9.11. The van der Waals surface area contributed by atoms with Crippen molar-refractivity contribution in [1.82, 2.24) is 9.97 Å². The summed E-state index contributed by atoms with van der Waals surface area (Å²) in [5, 5.41) is 0. The summed E-state index contributed by atoms with van der Waals surface area (Å²) in [4.78, 5) is 22.7. The van der Waals surface area contributed by atoms with E-state index in [2.05, 4.69) is 9.97 Å². The number of aryl methyl sites for hydroxylation is 2. The first kappa shape index (κ1) is 18.1. The molecule has 2 aromatic heterocycles. The molecule has 0 radical (unpaired) electrons. The lowest BCUT2D eigenvalue weighted by Gasteiger charge is -2.27. The van der Waals surface area contributed by atoms with Gasteiger partial charge in [0.05, 0.1) is 13.7 Å². The minimum absolute atomic E-state index is 0.0795. The van der Waals surface area contributed by atoms with Gasteiger partial charge in [-0.2, -0.15) is 0 Å². The fourth-order valence-corrected chi connectivity index (χ4v) is 3.54. The van der Waals surface area contributed by atoms with Crippen molar-refractivity contribution in [2.24, 2.45) is 0 Å². The van der Waals surface area contributed by atoms with E-state index in [1.165, 1.54) is 20.1 Å². The van der Waals surface area contributed by atoms with Gasteiger partial charge >= 0.3 is 0 Å². The number of halogens is 1. The molecular formula is C22H20FN3O2. The zero-order valence-corrected chi connectivity index (χ0v) is 15.8. The topological polar surface area (TPSA) is 55.3 Å². The SMILES string of the molecule is COc1ccc(-c2nc3c(cc2F)CN(C(C)=O)c2ccccc2CC3)cn1. The van der Waals surface area contributed by atoms with Crippen molar-refractivity contribution in [3.63, 3.8) is 0 Å². The smallest absolute Gasteiger partial charge is 0.224 e. The average molecular weight is 377 g/mol. The minimum Gasteiger partial charge on any atom is -0.481 e. The van der Waals surface area contributed by atoms with Crippen LogP contribution in [0.4, 0.5) is 10.1 Å². The molecule has 5 nitrogen and oxygen atoms in total. The maximum Gasteiger partial charge on any atom is 0.224 e. The molecule has 6 heteroatoms. The number of anilines is 1. The van der Waals surface area contributed by atoms with Crippen LogP contribution in [0, 0.1) is 5.82 Å². The second-order valence-electron chi connectivity index (χ2n) is 6.75. The number of hydrogen-bond acceptors (Lipinski definition) is 4. The van der Waals surface area contributed by atoms with Gasteiger partial charge in [0.15, 0.2) is 0 Å². The highest BCUT2D eigenvalue weighted by Gasteiger charge is 2.23. The van der Waals surface area contributed by atoms with Crippen LogP contribution in [-0.4, -0.2) is 23.0 Å². The highest BCUT2D eigenvalue weighted by Crippen LogP contribution is 2.30. The van der Waals surface area contributed by atoms with Crippen molar-refractivity contribution >= 4 is 11.6 Å². The number of methoxy groups -OCH3 is 1. The van der Waals surface area contributed by atoms with Crippen LogP contribution >= 0.6 is 0 Å². The molecule has 1 aromatic carbocycles. The normalized spacial score (nSPS) is 13.2. The number of carbonyl (C=O) groups is 1. The van der Waals surface area contributed by atoms with E-state index in [9.17, 15) is 9.18 Å². The van der Waals surface area contributed by atoms with Gasteiger partial charge < -0.3 is 9.64 Å². The molecule has 1 amide bonds. The van der Waals surface area contributed by atoms with Crippen LogP contribution in [0.5, 0.6) is 5.88 Å². The fraction of sp³-hybridized carbons (Fsp3) is 0.227. The van der Waals surface area contributed by atoms with E-state index in [4.69, 9.17) is 4.74 Å². The standard InChI is InChI=1S/C22H20FN3O2/c1-14(27)26-13-17-11-18(23)22(16-8-10-21(28-2)24-12-16)25-19(17)9-7-15-5-3-4-6-20(15)26/h3-6,8,10-12H,7,9,13H2,1-2H3. The van der Waals surface area contributed by atoms with Gasteiger partial charge in [-0.05, 0) is 42.2 Å². The molecule has 0 N–H and O–H groups in total. The number of pyridine rings is 2. The molecule has 0 unspecified atom stereocenters. The Morgan fingerprint density at radius 1 is 1.14 bits per heavy atom. The quantitative estimate of drug-likeness (QED) is 0.679. The summed E-state index contributed by atoms with van der Waals surface area (Å²) in [5.74, 6) is -0.0451. The van der Waals surface area contributed by atoms with E-state index < -0.39 is 5.82 Å². The van der Waals surface area contributed by atoms with Crippen LogP contribution < -0.4 is 9.64 Å². The lowest BCUT2D eigenvalue weighted by Crippen LogP contribution is -2.31. The minimum atomic E-state index is -0.428. The number of ether oxygens (including phenoxy) is 1. The summed E-state index contributed by atoms with van der Waals surface area (Å²) < 4.78 is 19.9. The molecule has 0 bridgehead atoms. The predicted molar refractivity (Wildman–Crippen MR) is 105 cm³/mol. The Bertz CT molecular complexity index is 1030. The molecule has 0 fully saturated rings. The van der Waals surface area contributed by atoms with Crippen LogP contribution in [0.15, 0.2) is 48.7 Å². The molecule has 3 heterocycles. The molecule has 0 aliphatic carbocycles. The molecule has 3 aromatic rings. The van der Waals surface area contributed by atoms with Crippen molar-refractivity contribution in [2.75, 3.05) is 12.0 Å². The van der Waals surface area contributed by atoms with Gasteiger partial charge in [0.2, 0.25) is 11.8 Å². The summed E-state index contributed by atoms with van der Waals surface area (Å²) in [6, 6.07) is 12.7. The van der Waals surface area contributed by atoms with E-state index in [1.54, 1.807) is 23.2 Å². The van der Waals surface area contributed by atoms with Gasteiger partial charge in [-0.1, -0.05) is 18.2 Å². The van der Waals surface area contributed by atoms with Crippen molar-refractivity contribution in [3.05, 3.63) is 71.3 Å². The summed E-state index contributed by atoms with van der Waals surface area (Å²) in [7, 11) is 1.53. The molecule has 1 aliphatic heterocycles. The molecule has 0 saturated carbocycles. The van der Waals surface area contributed by atoms with Crippen LogP contribution in [0.2, 0.25) is 0 Å². The van der Waals surface area contributed by atoms with Gasteiger partial charge in [-0.25, -0.2) is 14.4 Å². The molecule has 28 heavy (non-hydrogen) atoms. The predicted octanol–water partition coefficient (Wildman–Crippen LogP) is 3.94. The van der Waals surface area contributed by atoms with Gasteiger partial charge in [-0.15, -0.1) is 0 Å². The highest BCUT2D eigenvalue weighted by molar-refractivity contribution is 5.92. The maximum atomic E-state index is 14.9. The fourth-order valence-electron chi connectivity index (χ4n) is 3.54. The first-order chi connectivity index (χ1) is 13.6. The van der Waals surface area contributed by atoms with E-state index in [1.807, 2.05) is 24.3 Å². The summed E-state index contributed by atoms with van der Waals surface area (Å²) in [6.07, 6.45) is 2.96. The lowest BCUT2D eigenvalue weighted by molar-refractivity contribution is -0.116. The number of fused-ring (bicyclic) bond motifs is 2. The second-order valence-corrected chi connectivity index (χ2v) is 6.75. The van der Waals surface area contributed by atoms with Crippen molar-refractivity contribution in [3.8, 4) is 17.1 Å². The van der Waals surface area contributed by atoms with E-state index >= 15 is 0 Å². The number of carbonyl (C=O) groups excluding carboxylic acids is 1. The van der Waals surface area contributed by atoms with E-state index in [0.29, 0.717) is 24.4 Å². The maximum absolute atomic E-state index is 14.9. The van der Waals surface area contributed by atoms with E-state index in [0.717, 1.165) is 28.9 Å². The van der Waals surface area contributed by atoms with Gasteiger partial charge in [0.1, 0.15) is 11.5 Å². The monoisotopic (exact) mass is 377 g/mol. The third-order valence-corrected chi connectivity index (χ3v) is 4.99. The van der Waals surface area contributed by atoms with Gasteiger partial charge in [-0.3, -0.25) is 4.79 Å². The third-order valence-electron chi connectivity index (χ3n) is 4.99. The van der Waals surface area contributed by atoms with E-state index in [-0.39, 0.29) is 11.6 Å². The molecule has 0 atom stereocenters. The first-order valence-corrected chi connectivity index (χ1v) is 9.11. The molecule has 1 aliphatic rings. The number of benzene rings is 1. The number of hydrogen-bond donors (Lipinski definition) is 0.